The van der Waals surface area contributed by atoms with Crippen LogP contribution in [0.15, 0.2) is 48.5 Å². The van der Waals surface area contributed by atoms with Crippen LogP contribution in [0.1, 0.15) is 0 Å². The van der Waals surface area contributed by atoms with Gasteiger partial charge in [0.05, 0.1) is 6.61 Å². The second-order valence-corrected chi connectivity index (χ2v) is 6.61. The predicted octanol–water partition coefficient (Wildman–Crippen LogP) is 0.942. The first-order valence-electron chi connectivity index (χ1n) is 9.98. The van der Waals surface area contributed by atoms with Gasteiger partial charge < -0.3 is 39.8 Å². The van der Waals surface area contributed by atoms with Crippen molar-refractivity contribution in [2.45, 2.75) is 6.10 Å². The van der Waals surface area contributed by atoms with E-state index in [1.165, 1.54) is 12.1 Å². The minimum Gasteiger partial charge on any atom is -0.508 e. The molecule has 0 bridgehead atoms. The van der Waals surface area contributed by atoms with Crippen molar-refractivity contribution < 1.29 is 34.0 Å². The largest absolute Gasteiger partial charge is 0.508 e. The molecule has 0 saturated carbocycles. The van der Waals surface area contributed by atoms with Gasteiger partial charge in [-0.1, -0.05) is 0 Å². The molecule has 0 aromatic heterocycles. The number of carbonyl (C=O) groups excluding carboxylic acids is 1. The van der Waals surface area contributed by atoms with Crippen molar-refractivity contribution in [3.05, 3.63) is 48.5 Å². The van der Waals surface area contributed by atoms with Crippen LogP contribution in [0.3, 0.4) is 0 Å². The Bertz CT molecular complexity index is 753. The first-order valence-corrected chi connectivity index (χ1v) is 9.98. The molecular weight excluding hydrogens is 404 g/mol. The van der Waals surface area contributed by atoms with Crippen LogP contribution in [0.25, 0.3) is 0 Å². The number of methoxy groups -OCH3 is 1. The van der Waals surface area contributed by atoms with Gasteiger partial charge >= 0.3 is 0 Å². The van der Waals surface area contributed by atoms with Gasteiger partial charge in [0.2, 0.25) is 0 Å². The molecule has 0 saturated heterocycles. The van der Waals surface area contributed by atoms with Gasteiger partial charge in [0.25, 0.3) is 5.91 Å². The van der Waals surface area contributed by atoms with Gasteiger partial charge in [-0.25, -0.2) is 0 Å². The molecule has 0 fully saturated rings. The van der Waals surface area contributed by atoms with Crippen LogP contribution in [0.2, 0.25) is 0 Å². The fourth-order valence-electron chi connectivity index (χ4n) is 2.43. The van der Waals surface area contributed by atoms with Gasteiger partial charge in [-0.15, -0.1) is 0 Å². The Labute approximate surface area is 181 Å². The van der Waals surface area contributed by atoms with Crippen molar-refractivity contribution in [3.63, 3.8) is 0 Å². The Morgan fingerprint density at radius 3 is 2.19 bits per heavy atom. The highest BCUT2D eigenvalue weighted by Crippen LogP contribution is 2.17. The molecule has 2 rings (SSSR count). The number of amides is 1. The molecule has 9 heteroatoms. The average molecular weight is 434 g/mol. The molecular formula is C22H30N2O7. The molecule has 31 heavy (non-hydrogen) atoms. The maximum absolute atomic E-state index is 11.6. The van der Waals surface area contributed by atoms with Crippen LogP contribution in [0.4, 0.5) is 0 Å². The summed E-state index contributed by atoms with van der Waals surface area (Å²) in [5, 5.41) is 24.9. The van der Waals surface area contributed by atoms with E-state index < -0.39 is 6.10 Å². The zero-order valence-electron chi connectivity index (χ0n) is 17.6. The average Bonchev–Trinajstić information content (AvgIpc) is 2.78. The van der Waals surface area contributed by atoms with Crippen LogP contribution in [-0.4, -0.2) is 75.4 Å². The number of phenolic OH excluding ortho intramolecular Hbond substituents is 1. The fraction of sp³-hybridized carbons (Fsp3) is 0.409. The van der Waals surface area contributed by atoms with E-state index in [1.54, 1.807) is 43.5 Å². The van der Waals surface area contributed by atoms with E-state index in [-0.39, 0.29) is 24.9 Å². The van der Waals surface area contributed by atoms with Crippen LogP contribution >= 0.6 is 0 Å². The lowest BCUT2D eigenvalue weighted by atomic mass is 10.3. The highest BCUT2D eigenvalue weighted by molar-refractivity contribution is 5.77. The molecule has 4 N–H and O–H groups in total. The number of phenols is 1. The summed E-state index contributed by atoms with van der Waals surface area (Å²) in [7, 11) is 1.57. The minimum atomic E-state index is -0.670. The first kappa shape index (κ1) is 24.3. The Morgan fingerprint density at radius 2 is 1.52 bits per heavy atom. The van der Waals surface area contributed by atoms with E-state index in [1.807, 2.05) is 0 Å². The molecule has 1 amide bonds. The van der Waals surface area contributed by atoms with Gasteiger partial charge in [-0.2, -0.15) is 0 Å². The number of aromatic hydroxyl groups is 1. The molecule has 170 valence electrons. The standard InChI is InChI=1S/C22H30N2O7/c1-28-12-11-24-22(27)16-31-21-8-6-19(7-9-21)29-13-10-23-14-18(26)15-30-20-4-2-17(25)3-5-20/h2-9,18,23,25-26H,10-16H2,1H3,(H,24,27). The maximum atomic E-state index is 11.6. The smallest absolute Gasteiger partial charge is 0.258 e. The maximum Gasteiger partial charge on any atom is 0.258 e. The van der Waals surface area contributed by atoms with Crippen molar-refractivity contribution in [2.75, 3.05) is 53.2 Å². The lowest BCUT2D eigenvalue weighted by Crippen LogP contribution is -2.33. The Kier molecular flexibility index (Phi) is 11.0. The third-order valence-electron chi connectivity index (χ3n) is 4.03. The van der Waals surface area contributed by atoms with Crippen molar-refractivity contribution in [1.29, 1.82) is 0 Å². The van der Waals surface area contributed by atoms with Crippen LogP contribution in [-0.2, 0) is 9.53 Å². The van der Waals surface area contributed by atoms with Crippen LogP contribution in [0, 0.1) is 0 Å². The number of ether oxygens (including phenoxy) is 4. The second-order valence-electron chi connectivity index (χ2n) is 6.61. The van der Waals surface area contributed by atoms with Crippen molar-refractivity contribution in [1.82, 2.24) is 10.6 Å². The van der Waals surface area contributed by atoms with Crippen LogP contribution in [0.5, 0.6) is 23.0 Å². The Balaban J connectivity index is 1.53. The number of aliphatic hydroxyl groups is 1. The highest BCUT2D eigenvalue weighted by atomic mass is 16.5. The Hall–Kier alpha value is -3.01. The molecule has 0 aliphatic carbocycles. The lowest BCUT2D eigenvalue weighted by molar-refractivity contribution is -0.123. The zero-order valence-corrected chi connectivity index (χ0v) is 17.6. The third kappa shape index (κ3) is 10.5. The second kappa shape index (κ2) is 14.1. The number of hydrogen-bond acceptors (Lipinski definition) is 8. The SMILES string of the molecule is COCCNC(=O)COc1ccc(OCCNCC(O)COc2ccc(O)cc2)cc1. The molecule has 1 unspecified atom stereocenters. The molecule has 0 heterocycles. The van der Waals surface area contributed by atoms with Crippen LogP contribution < -0.4 is 24.8 Å². The third-order valence-corrected chi connectivity index (χ3v) is 4.03. The summed E-state index contributed by atoms with van der Waals surface area (Å²) >= 11 is 0. The number of rotatable bonds is 15. The summed E-state index contributed by atoms with van der Waals surface area (Å²) in [5.74, 6) is 1.79. The first-order chi connectivity index (χ1) is 15.1. The molecule has 9 nitrogen and oxygen atoms in total. The van der Waals surface area contributed by atoms with E-state index in [0.717, 1.165) is 0 Å². The molecule has 2 aromatic rings. The number of nitrogens with one attached hydrogen (secondary N) is 2. The summed E-state index contributed by atoms with van der Waals surface area (Å²) in [6, 6.07) is 13.3. The van der Waals surface area contributed by atoms with E-state index in [4.69, 9.17) is 18.9 Å². The zero-order chi connectivity index (χ0) is 22.3. The summed E-state index contributed by atoms with van der Waals surface area (Å²) in [5.41, 5.74) is 0. The summed E-state index contributed by atoms with van der Waals surface area (Å²) in [6.07, 6.45) is -0.670. The molecule has 2 aromatic carbocycles. The minimum absolute atomic E-state index is 0.0629. The van der Waals surface area contributed by atoms with E-state index in [0.29, 0.717) is 50.1 Å². The van der Waals surface area contributed by atoms with Gasteiger partial charge in [0, 0.05) is 26.7 Å². The van der Waals surface area contributed by atoms with Gasteiger partial charge in [-0.05, 0) is 48.5 Å². The topological polar surface area (TPSA) is 119 Å². The van der Waals surface area contributed by atoms with E-state index in [9.17, 15) is 15.0 Å². The number of carbonyl (C=O) groups is 1. The quantitative estimate of drug-likeness (QED) is 0.306. The highest BCUT2D eigenvalue weighted by Gasteiger charge is 2.06. The fourth-order valence-corrected chi connectivity index (χ4v) is 2.43. The summed E-state index contributed by atoms with van der Waals surface area (Å²) < 4.78 is 21.3. The van der Waals surface area contributed by atoms with E-state index in [2.05, 4.69) is 10.6 Å². The lowest BCUT2D eigenvalue weighted by Gasteiger charge is -2.14. The predicted molar refractivity (Wildman–Crippen MR) is 115 cm³/mol. The number of hydrogen-bond donors (Lipinski definition) is 4. The number of aliphatic hydroxyl groups excluding tert-OH is 1. The van der Waals surface area contributed by atoms with E-state index >= 15 is 0 Å². The summed E-state index contributed by atoms with van der Waals surface area (Å²) in [6.45, 7) is 2.32. The molecule has 0 radical (unpaired) electrons. The monoisotopic (exact) mass is 434 g/mol. The molecule has 1 atom stereocenters. The molecule has 0 aliphatic heterocycles. The molecule has 0 aliphatic rings. The normalized spacial score (nSPS) is 11.5. The van der Waals surface area contributed by atoms with Crippen molar-refractivity contribution >= 4 is 5.91 Å². The summed E-state index contributed by atoms with van der Waals surface area (Å²) in [4.78, 5) is 11.6. The number of benzene rings is 2. The van der Waals surface area contributed by atoms with Crippen molar-refractivity contribution in [3.8, 4) is 23.0 Å². The molecule has 0 spiro atoms. The Morgan fingerprint density at radius 1 is 0.903 bits per heavy atom. The van der Waals surface area contributed by atoms with Gasteiger partial charge in [0.1, 0.15) is 42.3 Å². The van der Waals surface area contributed by atoms with Gasteiger partial charge in [0.15, 0.2) is 6.61 Å². The van der Waals surface area contributed by atoms with Gasteiger partial charge in [-0.3, -0.25) is 4.79 Å². The van der Waals surface area contributed by atoms with Crippen molar-refractivity contribution in [2.24, 2.45) is 0 Å².